The first-order chi connectivity index (χ1) is 10.4. The SMILES string of the molecule is Cn1c(=O)n(C(=O)c2ccc(Cl)cc2Cl)c2cc(N)ccc21. The molecular weight excluding hydrogens is 325 g/mol. The molecule has 3 aromatic rings. The molecule has 112 valence electrons. The number of rotatable bonds is 1. The summed E-state index contributed by atoms with van der Waals surface area (Å²) >= 11 is 11.9. The standard InChI is InChI=1S/C15H11Cl2N3O2/c1-19-12-5-3-9(18)7-13(12)20(15(19)22)14(21)10-4-2-8(16)6-11(10)17/h2-7H,18H2,1H3. The highest BCUT2D eigenvalue weighted by Gasteiger charge is 2.20. The van der Waals surface area contributed by atoms with Crippen LogP contribution in [0.4, 0.5) is 5.69 Å². The molecule has 2 aromatic carbocycles. The molecule has 22 heavy (non-hydrogen) atoms. The van der Waals surface area contributed by atoms with Gasteiger partial charge in [-0.25, -0.2) is 9.36 Å². The number of anilines is 1. The number of fused-ring (bicyclic) bond motifs is 1. The van der Waals surface area contributed by atoms with Crippen LogP contribution in [0, 0.1) is 0 Å². The largest absolute Gasteiger partial charge is 0.399 e. The van der Waals surface area contributed by atoms with Gasteiger partial charge in [-0.05, 0) is 36.4 Å². The average molecular weight is 336 g/mol. The molecule has 1 aromatic heterocycles. The second kappa shape index (κ2) is 5.19. The molecule has 0 amide bonds. The number of hydrogen-bond acceptors (Lipinski definition) is 3. The van der Waals surface area contributed by atoms with E-state index in [1.807, 2.05) is 0 Å². The van der Waals surface area contributed by atoms with Gasteiger partial charge in [-0.3, -0.25) is 9.36 Å². The van der Waals surface area contributed by atoms with Crippen molar-refractivity contribution in [3.8, 4) is 0 Å². The van der Waals surface area contributed by atoms with Gasteiger partial charge in [-0.1, -0.05) is 23.2 Å². The molecular formula is C15H11Cl2N3O2. The van der Waals surface area contributed by atoms with E-state index in [-0.39, 0.29) is 10.6 Å². The van der Waals surface area contributed by atoms with Crippen LogP contribution in [0.25, 0.3) is 11.0 Å². The van der Waals surface area contributed by atoms with Gasteiger partial charge >= 0.3 is 5.69 Å². The van der Waals surface area contributed by atoms with Gasteiger partial charge in [0.25, 0.3) is 5.91 Å². The molecule has 0 aliphatic rings. The van der Waals surface area contributed by atoms with Crippen LogP contribution in [0.1, 0.15) is 10.4 Å². The van der Waals surface area contributed by atoms with E-state index in [4.69, 9.17) is 28.9 Å². The van der Waals surface area contributed by atoms with E-state index in [1.165, 1.54) is 16.7 Å². The van der Waals surface area contributed by atoms with Crippen molar-refractivity contribution < 1.29 is 4.79 Å². The third-order valence-corrected chi connectivity index (χ3v) is 3.99. The third kappa shape index (κ3) is 2.19. The number of carbonyl (C=O) groups excluding carboxylic acids is 1. The highest BCUT2D eigenvalue weighted by atomic mass is 35.5. The van der Waals surface area contributed by atoms with Crippen LogP contribution in [0.15, 0.2) is 41.2 Å². The van der Waals surface area contributed by atoms with E-state index in [0.29, 0.717) is 21.7 Å². The van der Waals surface area contributed by atoms with Gasteiger partial charge < -0.3 is 5.73 Å². The maximum absolute atomic E-state index is 12.7. The molecule has 1 heterocycles. The van der Waals surface area contributed by atoms with Gasteiger partial charge in [-0.2, -0.15) is 0 Å². The summed E-state index contributed by atoms with van der Waals surface area (Å²) in [5.74, 6) is -0.525. The van der Waals surface area contributed by atoms with E-state index in [1.54, 1.807) is 31.3 Å². The van der Waals surface area contributed by atoms with Crippen molar-refractivity contribution in [1.82, 2.24) is 9.13 Å². The summed E-state index contributed by atoms with van der Waals surface area (Å²) in [5, 5.41) is 0.598. The number of aromatic nitrogens is 2. The van der Waals surface area contributed by atoms with Crippen molar-refractivity contribution in [3.63, 3.8) is 0 Å². The summed E-state index contributed by atoms with van der Waals surface area (Å²) in [6, 6.07) is 9.44. The first kappa shape index (κ1) is 14.7. The van der Waals surface area contributed by atoms with Gasteiger partial charge in [0.05, 0.1) is 21.6 Å². The van der Waals surface area contributed by atoms with Gasteiger partial charge in [0.1, 0.15) is 0 Å². The summed E-state index contributed by atoms with van der Waals surface area (Å²) in [6.45, 7) is 0. The quantitative estimate of drug-likeness (QED) is 0.695. The number of imidazole rings is 1. The van der Waals surface area contributed by atoms with Crippen molar-refractivity contribution in [2.75, 3.05) is 5.73 Å². The van der Waals surface area contributed by atoms with Crippen molar-refractivity contribution in [3.05, 3.63) is 62.5 Å². The lowest BCUT2D eigenvalue weighted by Gasteiger charge is -2.05. The van der Waals surface area contributed by atoms with E-state index in [9.17, 15) is 9.59 Å². The molecule has 0 saturated carbocycles. The first-order valence-electron chi connectivity index (χ1n) is 6.37. The van der Waals surface area contributed by atoms with Crippen molar-refractivity contribution in [1.29, 1.82) is 0 Å². The zero-order valence-electron chi connectivity index (χ0n) is 11.5. The highest BCUT2D eigenvalue weighted by Crippen LogP contribution is 2.23. The van der Waals surface area contributed by atoms with Crippen molar-refractivity contribution >= 4 is 45.8 Å². The number of aryl methyl sites for hydroxylation is 1. The van der Waals surface area contributed by atoms with Gasteiger partial charge in [0.15, 0.2) is 0 Å². The molecule has 0 radical (unpaired) electrons. The number of nitrogens with zero attached hydrogens (tertiary/aromatic N) is 2. The topological polar surface area (TPSA) is 70.0 Å². The Balaban J connectivity index is 2.30. The normalized spacial score (nSPS) is 11.0. The van der Waals surface area contributed by atoms with Crippen LogP contribution in [-0.2, 0) is 7.05 Å². The lowest BCUT2D eigenvalue weighted by Crippen LogP contribution is -2.28. The second-order valence-electron chi connectivity index (χ2n) is 4.85. The maximum Gasteiger partial charge on any atom is 0.335 e. The molecule has 0 atom stereocenters. The minimum absolute atomic E-state index is 0.185. The Kier molecular flexibility index (Phi) is 3.47. The van der Waals surface area contributed by atoms with Crippen molar-refractivity contribution in [2.24, 2.45) is 7.05 Å². The fourth-order valence-corrected chi connectivity index (χ4v) is 2.83. The number of nitrogens with two attached hydrogens (primary N) is 1. The predicted molar refractivity (Wildman–Crippen MR) is 87.8 cm³/mol. The zero-order valence-corrected chi connectivity index (χ0v) is 13.0. The van der Waals surface area contributed by atoms with Crippen LogP contribution in [-0.4, -0.2) is 15.0 Å². The number of halogens is 2. The van der Waals surface area contributed by atoms with Crippen LogP contribution >= 0.6 is 23.2 Å². The minimum Gasteiger partial charge on any atom is -0.399 e. The van der Waals surface area contributed by atoms with Gasteiger partial charge in [-0.15, -0.1) is 0 Å². The highest BCUT2D eigenvalue weighted by molar-refractivity contribution is 6.36. The van der Waals surface area contributed by atoms with E-state index in [0.717, 1.165) is 4.57 Å². The first-order valence-corrected chi connectivity index (χ1v) is 7.12. The molecule has 2 N–H and O–H groups in total. The van der Waals surface area contributed by atoms with E-state index < -0.39 is 11.6 Å². The second-order valence-corrected chi connectivity index (χ2v) is 5.70. The Morgan fingerprint density at radius 1 is 1.09 bits per heavy atom. The monoisotopic (exact) mass is 335 g/mol. The molecule has 0 aliphatic carbocycles. The number of benzene rings is 2. The molecule has 0 fully saturated rings. The summed E-state index contributed by atoms with van der Waals surface area (Å²) in [5.41, 5.74) is 7.00. The number of nitrogen functional groups attached to an aromatic ring is 1. The summed E-state index contributed by atoms with van der Waals surface area (Å²) < 4.78 is 2.44. The summed E-state index contributed by atoms with van der Waals surface area (Å²) in [6.07, 6.45) is 0. The smallest absolute Gasteiger partial charge is 0.335 e. The van der Waals surface area contributed by atoms with Crippen LogP contribution in [0.3, 0.4) is 0 Å². The van der Waals surface area contributed by atoms with E-state index in [2.05, 4.69) is 0 Å². The average Bonchev–Trinajstić information content (AvgIpc) is 2.70. The predicted octanol–water partition coefficient (Wildman–Crippen LogP) is 2.92. The summed E-state index contributed by atoms with van der Waals surface area (Å²) in [7, 11) is 1.59. The molecule has 0 spiro atoms. The Hall–Kier alpha value is -2.24. The lowest BCUT2D eigenvalue weighted by molar-refractivity contribution is 0.0960. The third-order valence-electron chi connectivity index (χ3n) is 3.44. The molecule has 0 bridgehead atoms. The lowest BCUT2D eigenvalue weighted by atomic mass is 10.2. The maximum atomic E-state index is 12.7. The Morgan fingerprint density at radius 3 is 2.50 bits per heavy atom. The zero-order chi connectivity index (χ0) is 16.0. The summed E-state index contributed by atoms with van der Waals surface area (Å²) in [4.78, 5) is 25.1. The van der Waals surface area contributed by atoms with Gasteiger partial charge in [0, 0.05) is 17.8 Å². The van der Waals surface area contributed by atoms with Crippen molar-refractivity contribution in [2.45, 2.75) is 0 Å². The fraction of sp³-hybridized carbons (Fsp3) is 0.0667. The molecule has 3 rings (SSSR count). The molecule has 5 nitrogen and oxygen atoms in total. The van der Waals surface area contributed by atoms with Crippen LogP contribution < -0.4 is 11.4 Å². The van der Waals surface area contributed by atoms with E-state index >= 15 is 0 Å². The Morgan fingerprint density at radius 2 is 1.82 bits per heavy atom. The fourth-order valence-electron chi connectivity index (χ4n) is 2.34. The van der Waals surface area contributed by atoms with Gasteiger partial charge in [0.2, 0.25) is 0 Å². The van der Waals surface area contributed by atoms with Crippen LogP contribution in [0.2, 0.25) is 10.0 Å². The molecule has 0 aliphatic heterocycles. The number of carbonyl (C=O) groups is 1. The van der Waals surface area contributed by atoms with Crippen LogP contribution in [0.5, 0.6) is 0 Å². The number of hydrogen-bond donors (Lipinski definition) is 1. The Bertz CT molecular complexity index is 973. The minimum atomic E-state index is -0.525. The molecule has 7 heteroatoms. The Labute approximate surface area is 135 Å². The molecule has 0 unspecified atom stereocenters. The molecule has 0 saturated heterocycles.